The van der Waals surface area contributed by atoms with Gasteiger partial charge in [-0.3, -0.25) is 0 Å². The molecule has 3 nitrogen and oxygen atoms in total. The van der Waals surface area contributed by atoms with Gasteiger partial charge in [0.15, 0.2) is 5.22 Å². The van der Waals surface area contributed by atoms with E-state index in [0.717, 1.165) is 12.1 Å². The van der Waals surface area contributed by atoms with Crippen LogP contribution in [0, 0.1) is 0 Å². The third-order valence-electron chi connectivity index (χ3n) is 2.07. The zero-order chi connectivity index (χ0) is 11.3. The highest BCUT2D eigenvalue weighted by Crippen LogP contribution is 2.24. The molecule has 0 bridgehead atoms. The van der Waals surface area contributed by atoms with Crippen molar-refractivity contribution >= 4 is 11.6 Å². The van der Waals surface area contributed by atoms with E-state index in [1.165, 1.54) is 0 Å². The molecule has 0 aliphatic heterocycles. The molecule has 0 radical (unpaired) electrons. The lowest BCUT2D eigenvalue weighted by Crippen LogP contribution is -2.26. The minimum absolute atomic E-state index is 0.101. The first kappa shape index (κ1) is 12.6. The molecule has 1 rings (SSSR count). The predicted octanol–water partition coefficient (Wildman–Crippen LogP) is 3.01. The monoisotopic (exact) mass is 231 g/mol. The number of rotatable bonds is 6. The Morgan fingerprint density at radius 1 is 1.53 bits per heavy atom. The molecule has 1 heterocycles. The topological polar surface area (TPSA) is 34.4 Å². The van der Waals surface area contributed by atoms with Gasteiger partial charge in [0.2, 0.25) is 0 Å². The number of furan rings is 1. The molecule has 0 aromatic carbocycles. The van der Waals surface area contributed by atoms with Crippen LogP contribution in [0.3, 0.4) is 0 Å². The molecule has 0 saturated carbocycles. The average molecular weight is 232 g/mol. The van der Waals surface area contributed by atoms with Crippen molar-refractivity contribution < 1.29 is 9.15 Å². The van der Waals surface area contributed by atoms with Crippen molar-refractivity contribution in [2.45, 2.75) is 32.9 Å². The number of nitrogens with one attached hydrogen (secondary N) is 1. The lowest BCUT2D eigenvalue weighted by Gasteiger charge is -2.18. The summed E-state index contributed by atoms with van der Waals surface area (Å²) in [6, 6.07) is 1.97. The lowest BCUT2D eigenvalue weighted by atomic mass is 10.1. The summed E-state index contributed by atoms with van der Waals surface area (Å²) in [4.78, 5) is 0. The predicted molar refractivity (Wildman–Crippen MR) is 61.2 cm³/mol. The Bertz CT molecular complexity index is 286. The van der Waals surface area contributed by atoms with Gasteiger partial charge in [-0.25, -0.2) is 0 Å². The SMILES string of the molecule is CCNC(COC(C)C)c1ccoc1Cl. The van der Waals surface area contributed by atoms with Gasteiger partial charge in [-0.15, -0.1) is 0 Å². The van der Waals surface area contributed by atoms with Crippen LogP contribution < -0.4 is 5.32 Å². The van der Waals surface area contributed by atoms with Gasteiger partial charge in [-0.1, -0.05) is 6.92 Å². The van der Waals surface area contributed by atoms with Crippen LogP contribution in [0.2, 0.25) is 5.22 Å². The van der Waals surface area contributed by atoms with E-state index in [4.69, 9.17) is 20.8 Å². The van der Waals surface area contributed by atoms with Gasteiger partial charge in [0.25, 0.3) is 0 Å². The molecule has 1 aromatic heterocycles. The quantitative estimate of drug-likeness (QED) is 0.817. The van der Waals surface area contributed by atoms with Crippen LogP contribution in [0.15, 0.2) is 16.7 Å². The third kappa shape index (κ3) is 3.86. The molecule has 1 unspecified atom stereocenters. The van der Waals surface area contributed by atoms with Gasteiger partial charge in [-0.05, 0) is 38.1 Å². The Labute approximate surface area is 95.7 Å². The van der Waals surface area contributed by atoms with Gasteiger partial charge in [0, 0.05) is 5.56 Å². The van der Waals surface area contributed by atoms with E-state index < -0.39 is 0 Å². The molecule has 0 amide bonds. The van der Waals surface area contributed by atoms with Crippen molar-refractivity contribution in [3.63, 3.8) is 0 Å². The second-order valence-electron chi connectivity index (χ2n) is 3.64. The van der Waals surface area contributed by atoms with E-state index in [9.17, 15) is 0 Å². The van der Waals surface area contributed by atoms with E-state index >= 15 is 0 Å². The highest BCUT2D eigenvalue weighted by Gasteiger charge is 2.16. The molecule has 0 aliphatic rings. The van der Waals surface area contributed by atoms with Crippen molar-refractivity contribution in [2.75, 3.05) is 13.2 Å². The first-order valence-electron chi connectivity index (χ1n) is 5.23. The molecule has 1 N–H and O–H groups in total. The fourth-order valence-electron chi connectivity index (χ4n) is 1.35. The molecule has 1 aromatic rings. The molecular weight excluding hydrogens is 214 g/mol. The van der Waals surface area contributed by atoms with Crippen molar-refractivity contribution in [1.82, 2.24) is 5.32 Å². The number of hydrogen-bond acceptors (Lipinski definition) is 3. The summed E-state index contributed by atoms with van der Waals surface area (Å²) in [6.07, 6.45) is 1.81. The summed E-state index contributed by atoms with van der Waals surface area (Å²) >= 11 is 5.92. The summed E-state index contributed by atoms with van der Waals surface area (Å²) in [7, 11) is 0. The Kier molecular flexibility index (Phi) is 5.15. The van der Waals surface area contributed by atoms with Crippen LogP contribution in [0.4, 0.5) is 0 Å². The van der Waals surface area contributed by atoms with E-state index in [-0.39, 0.29) is 12.1 Å². The first-order chi connectivity index (χ1) is 7.15. The van der Waals surface area contributed by atoms with Crippen LogP contribution in [-0.4, -0.2) is 19.3 Å². The van der Waals surface area contributed by atoms with E-state index in [1.807, 2.05) is 19.9 Å². The second-order valence-corrected chi connectivity index (χ2v) is 3.99. The fourth-order valence-corrected chi connectivity index (χ4v) is 1.59. The maximum atomic E-state index is 5.92. The summed E-state index contributed by atoms with van der Waals surface area (Å²) in [5.74, 6) is 0. The zero-order valence-corrected chi connectivity index (χ0v) is 10.2. The molecule has 0 spiro atoms. The number of hydrogen-bond donors (Lipinski definition) is 1. The first-order valence-corrected chi connectivity index (χ1v) is 5.60. The summed E-state index contributed by atoms with van der Waals surface area (Å²) in [5.41, 5.74) is 0.958. The van der Waals surface area contributed by atoms with Crippen molar-refractivity contribution in [3.8, 4) is 0 Å². The van der Waals surface area contributed by atoms with Crippen LogP contribution >= 0.6 is 11.6 Å². The van der Waals surface area contributed by atoms with Gasteiger partial charge >= 0.3 is 0 Å². The van der Waals surface area contributed by atoms with Gasteiger partial charge in [0.05, 0.1) is 25.0 Å². The standard InChI is InChI=1S/C11H18ClNO2/c1-4-13-10(7-15-8(2)3)9-5-6-14-11(9)12/h5-6,8,10,13H,4,7H2,1-3H3. The van der Waals surface area contributed by atoms with E-state index in [0.29, 0.717) is 11.8 Å². The average Bonchev–Trinajstić information content (AvgIpc) is 2.59. The minimum atomic E-state index is 0.101. The zero-order valence-electron chi connectivity index (χ0n) is 9.42. The molecule has 4 heteroatoms. The molecule has 86 valence electrons. The van der Waals surface area contributed by atoms with Crippen LogP contribution in [-0.2, 0) is 4.74 Å². The van der Waals surface area contributed by atoms with Crippen molar-refractivity contribution in [2.24, 2.45) is 0 Å². The van der Waals surface area contributed by atoms with Crippen LogP contribution in [0.1, 0.15) is 32.4 Å². The third-order valence-corrected chi connectivity index (χ3v) is 2.38. The summed E-state index contributed by atoms with van der Waals surface area (Å²) in [6.45, 7) is 7.55. The second kappa shape index (κ2) is 6.16. The maximum Gasteiger partial charge on any atom is 0.197 e. The highest BCUT2D eigenvalue weighted by atomic mass is 35.5. The highest BCUT2D eigenvalue weighted by molar-refractivity contribution is 6.29. The Morgan fingerprint density at radius 3 is 2.73 bits per heavy atom. The van der Waals surface area contributed by atoms with Crippen molar-refractivity contribution in [1.29, 1.82) is 0 Å². The Balaban J connectivity index is 2.61. The van der Waals surface area contributed by atoms with Gasteiger partial charge in [-0.2, -0.15) is 0 Å². The summed E-state index contributed by atoms with van der Waals surface area (Å²) < 4.78 is 10.6. The largest absolute Gasteiger partial charge is 0.453 e. The molecule has 0 aliphatic carbocycles. The minimum Gasteiger partial charge on any atom is -0.453 e. The lowest BCUT2D eigenvalue weighted by molar-refractivity contribution is 0.0613. The van der Waals surface area contributed by atoms with E-state index in [2.05, 4.69) is 12.2 Å². The molecule has 1 atom stereocenters. The number of halogens is 1. The molecular formula is C11H18ClNO2. The van der Waals surface area contributed by atoms with Crippen LogP contribution in [0.25, 0.3) is 0 Å². The van der Waals surface area contributed by atoms with Crippen molar-refractivity contribution in [3.05, 3.63) is 23.1 Å². The van der Waals surface area contributed by atoms with Gasteiger partial charge in [0.1, 0.15) is 0 Å². The molecule has 0 saturated heterocycles. The molecule has 15 heavy (non-hydrogen) atoms. The Hall–Kier alpha value is -0.510. The molecule has 0 fully saturated rings. The number of likely N-dealkylation sites (N-methyl/N-ethyl adjacent to an activating group) is 1. The van der Waals surface area contributed by atoms with E-state index in [1.54, 1.807) is 6.26 Å². The Morgan fingerprint density at radius 2 is 2.27 bits per heavy atom. The smallest absolute Gasteiger partial charge is 0.197 e. The number of ether oxygens (including phenoxy) is 1. The fraction of sp³-hybridized carbons (Fsp3) is 0.636. The summed E-state index contributed by atoms with van der Waals surface area (Å²) in [5, 5.41) is 3.75. The normalized spacial score (nSPS) is 13.4. The van der Waals surface area contributed by atoms with Crippen LogP contribution in [0.5, 0.6) is 0 Å². The maximum absolute atomic E-state index is 5.92. The van der Waals surface area contributed by atoms with Gasteiger partial charge < -0.3 is 14.5 Å².